The molecule has 26 heteroatoms. The minimum Gasteiger partial charge on any atom is -0.493 e. The molecule has 0 saturated carbocycles. The van der Waals surface area contributed by atoms with E-state index in [0.29, 0.717) is 45.6 Å². The van der Waals surface area contributed by atoms with Crippen LogP contribution in [0.15, 0.2) is 60.7 Å². The molecular formula is C72H80O24P2. The van der Waals surface area contributed by atoms with Gasteiger partial charge >= 0.3 is 7.82 Å². The first-order valence-corrected chi connectivity index (χ1v) is 28.0. The van der Waals surface area contributed by atoms with Gasteiger partial charge in [-0.25, -0.2) is 9.82 Å². The number of ether oxygens (including phenoxy) is 8. The lowest BCUT2D eigenvalue weighted by Gasteiger charge is -2.18. The van der Waals surface area contributed by atoms with Gasteiger partial charge in [0.1, 0.15) is 0 Å². The smallest absolute Gasteiger partial charge is 0.493 e. The van der Waals surface area contributed by atoms with Crippen molar-refractivity contribution < 1.29 is 140 Å². The van der Waals surface area contributed by atoms with Crippen molar-refractivity contribution in [3.63, 3.8) is 0 Å². The van der Waals surface area contributed by atoms with Crippen LogP contribution in [-0.4, -0.2) is 67.0 Å². The summed E-state index contributed by atoms with van der Waals surface area (Å²) in [7, 11) is 8.92. The summed E-state index contributed by atoms with van der Waals surface area (Å²) in [5, 5.41) is 41.4. The van der Waals surface area contributed by atoms with Gasteiger partial charge in [0, 0.05) is 127 Å². The van der Waals surface area contributed by atoms with Gasteiger partial charge in [-0.3, -0.25) is 4.89 Å². The Kier molecular flexibility index (Phi) is 44.3. The maximum Gasteiger partial charge on any atom is 0.585 e. The standard InChI is InChI=1S/C36H39O12P.C36H6.H3O12P.16H2/c1-39-27-15-13-23(9-11-25-19-31(41-3)35(45-7)32(20-25)42-4)17-29(27)47-49(37,38)48-30-18-24(14-16-28(30)40-2)10-12-26-21-33(43-5)36(46-8)34(22-26)44-6;1-3-5-7-9-11-13-15-17-19-21-23-25-27-29-31-33-35-36-34-32-30-28-26-24-22-20-18-16-14-12-10-8-6-4-2;1-2-3-4-5-6-7-8-9-10-11-12-13;;;;;;;;;;;;;;;;/h9-22H,1-8H3,(H,37,38);1-2H3;1H,13H2;16*1H/b11-9-,12-10-;;;;;;;;;;;;;;;;;;. The highest BCUT2D eigenvalue weighted by Crippen LogP contribution is 2.50. The normalized spacial score (nSPS) is 8.50. The van der Waals surface area contributed by atoms with E-state index in [1.54, 1.807) is 96.1 Å². The second kappa shape index (κ2) is 53.5. The minimum atomic E-state index is -4.77. The van der Waals surface area contributed by atoms with Gasteiger partial charge in [-0.15, -0.1) is 0 Å². The van der Waals surface area contributed by atoms with Crippen LogP contribution in [0, 0.1) is 201 Å². The van der Waals surface area contributed by atoms with Crippen molar-refractivity contribution in [1.82, 2.24) is 0 Å². The molecule has 0 radical (unpaired) electrons. The molecule has 24 nitrogen and oxygen atoms in total. The van der Waals surface area contributed by atoms with Crippen LogP contribution in [-0.2, 0) is 59.6 Å². The largest absolute Gasteiger partial charge is 0.585 e. The molecule has 522 valence electrons. The van der Waals surface area contributed by atoms with E-state index in [0.717, 1.165) is 11.1 Å². The molecule has 1 unspecified atom stereocenters. The van der Waals surface area contributed by atoms with E-state index in [1.165, 1.54) is 56.9 Å². The summed E-state index contributed by atoms with van der Waals surface area (Å²) >= 11 is 0. The van der Waals surface area contributed by atoms with Gasteiger partial charge in [0.2, 0.25) is 11.5 Å². The number of methoxy groups -OCH3 is 8. The molecule has 0 aliphatic rings. The lowest BCUT2D eigenvalue weighted by atomic mass is 10.1. The predicted molar refractivity (Wildman–Crippen MR) is 389 cm³/mol. The van der Waals surface area contributed by atoms with Gasteiger partial charge in [-0.05, 0) is 230 Å². The molecule has 0 aromatic heterocycles. The highest BCUT2D eigenvalue weighted by molar-refractivity contribution is 7.48. The molecule has 0 heterocycles. The zero-order chi connectivity index (χ0) is 71.4. The number of hydrogen-bond donors (Lipinski definition) is 2. The SMILES string of the molecule is CC#CC#CC#CC#CC#CC#CC#CC#CC#CC#CC#CC#CC#CC#CC#CC#CC#CC.COc1ccc(/C=C\c2cc(OC)c(OC)c(OC)c2)cc1OP(=O)(O)Oc1cc(/C=C\c2cc(OC)c(OC)c(OC)c2)ccc1OC.OOOOOOOOOOOOP.[HH].[HH].[HH].[HH].[HH].[HH].[HH].[HH].[HH].[HH].[HH].[HH].[HH].[HH].[HH].[HH]. The third-order valence-electron chi connectivity index (χ3n) is 9.59. The van der Waals surface area contributed by atoms with Gasteiger partial charge in [-0.2, -0.15) is 4.67 Å². The van der Waals surface area contributed by atoms with E-state index >= 15 is 0 Å². The molecule has 4 aromatic carbocycles. The van der Waals surface area contributed by atoms with Crippen LogP contribution >= 0.6 is 17.3 Å². The van der Waals surface area contributed by atoms with E-state index in [4.69, 9.17) is 52.2 Å². The van der Waals surface area contributed by atoms with Crippen LogP contribution in [0.2, 0.25) is 0 Å². The van der Waals surface area contributed by atoms with Gasteiger partial charge in [0.15, 0.2) is 46.0 Å². The van der Waals surface area contributed by atoms with Crippen molar-refractivity contribution in [2.24, 2.45) is 0 Å². The molecule has 4 rings (SSSR count). The monoisotopic (exact) mass is 1390 g/mol. The number of phosphoric ester groups is 1. The summed E-state index contributed by atoms with van der Waals surface area (Å²) < 4.78 is 71.5. The number of phosphoric acid groups is 1. The average molecular weight is 1390 g/mol. The van der Waals surface area contributed by atoms with Crippen molar-refractivity contribution in [3.05, 3.63) is 82.9 Å². The fraction of sp³-hybridized carbons (Fsp3) is 0.139. The average Bonchev–Trinajstić information content (AvgIpc) is 0.827. The Balaban J connectivity index is -0.000000104. The molecule has 1 atom stereocenters. The van der Waals surface area contributed by atoms with Crippen LogP contribution < -0.4 is 46.9 Å². The second-order valence-corrected chi connectivity index (χ2v) is 16.8. The highest BCUT2D eigenvalue weighted by atomic mass is 31.2. The summed E-state index contributed by atoms with van der Waals surface area (Å²) in [6.45, 7) is 3.38. The van der Waals surface area contributed by atoms with Crippen molar-refractivity contribution in [2.75, 3.05) is 56.9 Å². The van der Waals surface area contributed by atoms with Crippen molar-refractivity contribution in [1.29, 1.82) is 0 Å². The van der Waals surface area contributed by atoms with Crippen LogP contribution in [0.1, 0.15) is 58.9 Å². The number of hydrogen-bond acceptors (Lipinski definition) is 23. The van der Waals surface area contributed by atoms with E-state index < -0.39 is 7.82 Å². The number of rotatable bonds is 26. The summed E-state index contributed by atoms with van der Waals surface area (Å²) in [5.74, 6) is 88.9. The molecule has 2 N–H and O–H groups in total. The van der Waals surface area contributed by atoms with Gasteiger partial charge < -0.3 is 46.9 Å². The lowest BCUT2D eigenvalue weighted by molar-refractivity contribution is -0.860. The first kappa shape index (κ1) is 81.1. The molecule has 0 fully saturated rings. The van der Waals surface area contributed by atoms with E-state index in [-0.39, 0.29) is 45.8 Å². The number of benzene rings is 4. The third kappa shape index (κ3) is 36.3. The zero-order valence-electron chi connectivity index (χ0n) is 53.0. The van der Waals surface area contributed by atoms with Crippen LogP contribution in [0.25, 0.3) is 24.3 Å². The Morgan fingerprint density at radius 2 is 0.541 bits per heavy atom. The Morgan fingerprint density at radius 3 is 0.765 bits per heavy atom. The molecule has 0 amide bonds. The Bertz CT molecular complexity index is 4400. The lowest BCUT2D eigenvalue weighted by Crippen LogP contribution is -2.02. The van der Waals surface area contributed by atoms with E-state index in [2.05, 4.69) is 256 Å². The summed E-state index contributed by atoms with van der Waals surface area (Å²) in [4.78, 5) is 10.9. The van der Waals surface area contributed by atoms with Crippen molar-refractivity contribution >= 4 is 41.6 Å². The highest BCUT2D eigenvalue weighted by Gasteiger charge is 2.29. The van der Waals surface area contributed by atoms with E-state index in [9.17, 15) is 9.46 Å². The Labute approximate surface area is 592 Å². The Morgan fingerprint density at radius 1 is 0.316 bits per heavy atom. The summed E-state index contributed by atoms with van der Waals surface area (Å²) in [5.41, 5.74) is 2.80. The molecule has 0 bridgehead atoms. The fourth-order valence-corrected chi connectivity index (χ4v) is 6.81. The zero-order valence-corrected chi connectivity index (χ0v) is 55.0. The first-order chi connectivity index (χ1) is 47.9. The fourth-order valence-electron chi connectivity index (χ4n) is 5.95. The topological polar surface area (TPSA) is 251 Å². The van der Waals surface area contributed by atoms with Crippen molar-refractivity contribution in [2.45, 2.75) is 13.8 Å². The summed E-state index contributed by atoms with van der Waals surface area (Å²) in [6, 6.07) is 17.0. The molecule has 0 aliphatic heterocycles. The quantitative estimate of drug-likeness (QED) is 0.0148. The summed E-state index contributed by atoms with van der Waals surface area (Å²) in [6.07, 6.45) is 7.19. The second-order valence-electron chi connectivity index (χ2n) is 15.3. The van der Waals surface area contributed by atoms with Crippen LogP contribution in [0.3, 0.4) is 0 Å². The third-order valence-corrected chi connectivity index (χ3v) is 10.5. The molecule has 0 aliphatic carbocycles. The van der Waals surface area contributed by atoms with Gasteiger partial charge in [-0.1, -0.05) is 48.3 Å². The Hall–Kier alpha value is -13.0. The molecule has 4 aromatic rings. The van der Waals surface area contributed by atoms with Gasteiger partial charge in [0.05, 0.1) is 56.9 Å². The molecule has 0 spiro atoms. The minimum absolute atomic E-state index is 0. The molecule has 98 heavy (non-hydrogen) atoms. The maximum absolute atomic E-state index is 13.4. The van der Waals surface area contributed by atoms with Crippen LogP contribution in [0.5, 0.6) is 57.5 Å². The molecule has 0 saturated heterocycles. The van der Waals surface area contributed by atoms with Crippen LogP contribution in [0.4, 0.5) is 0 Å². The first-order valence-electron chi connectivity index (χ1n) is 26.0. The molecular weight excluding hydrogens is 1310 g/mol. The van der Waals surface area contributed by atoms with E-state index in [1.807, 2.05) is 12.2 Å². The van der Waals surface area contributed by atoms with Gasteiger partial charge in [0.25, 0.3) is 0 Å². The predicted octanol–water partition coefficient (Wildman–Crippen LogP) is 12.3. The van der Waals surface area contributed by atoms with Crippen molar-refractivity contribution in [3.8, 4) is 259 Å². The maximum atomic E-state index is 13.4.